The van der Waals surface area contributed by atoms with Crippen LogP contribution in [0.2, 0.25) is 10.0 Å². The van der Waals surface area contributed by atoms with Gasteiger partial charge in [0.25, 0.3) is 0 Å². The summed E-state index contributed by atoms with van der Waals surface area (Å²) in [6, 6.07) is 4.86. The second-order valence-electron chi connectivity index (χ2n) is 4.89. The normalized spacial score (nSPS) is 11.9. The molecule has 0 amide bonds. The van der Waals surface area contributed by atoms with Crippen LogP contribution in [-0.4, -0.2) is 48.6 Å². The van der Waals surface area contributed by atoms with Gasteiger partial charge in [-0.2, -0.15) is 0 Å². The minimum atomic E-state index is -0.646. The Balaban J connectivity index is 1.67. The number of carbonyl (C=O) groups is 1. The van der Waals surface area contributed by atoms with Crippen LogP contribution in [0.15, 0.2) is 43.2 Å². The number of benzene rings is 1. The lowest BCUT2D eigenvalue weighted by atomic mass is 10.3. The summed E-state index contributed by atoms with van der Waals surface area (Å²) >= 11 is 11.8. The maximum absolute atomic E-state index is 12.1. The molecule has 130 valence electrons. The standard InChI is InChI=1S/C14H12Cl2N6O3/c15-12-2-1-10(5-13(12)16)24-7-11(6-22-9-18-19-20-22)25-14(23)21-4-3-17-8-21/h1-5,8-9,11H,6-7H2. The van der Waals surface area contributed by atoms with E-state index in [0.717, 1.165) is 0 Å². The van der Waals surface area contributed by atoms with E-state index in [0.29, 0.717) is 15.8 Å². The molecule has 0 aliphatic rings. The van der Waals surface area contributed by atoms with E-state index < -0.39 is 12.2 Å². The number of nitrogens with zero attached hydrogens (tertiary/aromatic N) is 6. The molecule has 0 bridgehead atoms. The van der Waals surface area contributed by atoms with Crippen molar-refractivity contribution in [2.75, 3.05) is 6.61 Å². The Labute approximate surface area is 152 Å². The first kappa shape index (κ1) is 17.2. The molecule has 0 radical (unpaired) electrons. The van der Waals surface area contributed by atoms with Crippen LogP contribution in [0.1, 0.15) is 0 Å². The number of tetrazole rings is 1. The molecule has 0 spiro atoms. The SMILES string of the molecule is O=C(OC(COc1ccc(Cl)c(Cl)c1)Cn1cnnn1)n1ccnc1. The van der Waals surface area contributed by atoms with Crippen LogP contribution >= 0.6 is 23.2 Å². The number of ether oxygens (including phenoxy) is 2. The Morgan fingerprint density at radius 1 is 1.24 bits per heavy atom. The molecule has 25 heavy (non-hydrogen) atoms. The van der Waals surface area contributed by atoms with E-state index in [1.54, 1.807) is 18.2 Å². The number of hydrogen-bond acceptors (Lipinski definition) is 7. The van der Waals surface area contributed by atoms with E-state index in [1.165, 1.54) is 34.3 Å². The van der Waals surface area contributed by atoms with E-state index in [9.17, 15) is 4.79 Å². The molecule has 11 heteroatoms. The summed E-state index contributed by atoms with van der Waals surface area (Å²) in [5, 5.41) is 11.6. The van der Waals surface area contributed by atoms with Crippen molar-refractivity contribution in [1.82, 2.24) is 29.8 Å². The number of aromatic nitrogens is 6. The second-order valence-corrected chi connectivity index (χ2v) is 5.71. The average molecular weight is 383 g/mol. The molecule has 0 aliphatic heterocycles. The number of carbonyl (C=O) groups excluding carboxylic acids is 1. The predicted octanol–water partition coefficient (Wildman–Crippen LogP) is 2.31. The first-order chi connectivity index (χ1) is 12.1. The Morgan fingerprint density at radius 3 is 2.80 bits per heavy atom. The quantitative estimate of drug-likeness (QED) is 0.644. The van der Waals surface area contributed by atoms with Gasteiger partial charge in [-0.1, -0.05) is 23.2 Å². The zero-order chi connectivity index (χ0) is 17.6. The lowest BCUT2D eigenvalue weighted by molar-refractivity contribution is 0.0535. The monoisotopic (exact) mass is 382 g/mol. The highest BCUT2D eigenvalue weighted by molar-refractivity contribution is 6.42. The molecular formula is C14H12Cl2N6O3. The molecule has 1 aromatic carbocycles. The van der Waals surface area contributed by atoms with Gasteiger partial charge in [-0.05, 0) is 22.6 Å². The molecule has 2 heterocycles. The molecule has 3 rings (SSSR count). The summed E-state index contributed by atoms with van der Waals surface area (Å²) in [5.74, 6) is 0.495. The molecule has 0 N–H and O–H groups in total. The molecule has 0 aliphatic carbocycles. The zero-order valence-electron chi connectivity index (χ0n) is 12.7. The highest BCUT2D eigenvalue weighted by atomic mass is 35.5. The molecule has 3 aromatic rings. The number of rotatable bonds is 6. The molecule has 2 aromatic heterocycles. The van der Waals surface area contributed by atoms with Gasteiger partial charge in [-0.3, -0.25) is 0 Å². The van der Waals surface area contributed by atoms with Gasteiger partial charge in [-0.15, -0.1) is 5.10 Å². The summed E-state index contributed by atoms with van der Waals surface area (Å²) in [5.41, 5.74) is 0. The summed E-state index contributed by atoms with van der Waals surface area (Å²) in [7, 11) is 0. The van der Waals surface area contributed by atoms with Crippen molar-refractivity contribution in [1.29, 1.82) is 0 Å². The average Bonchev–Trinajstić information content (AvgIpc) is 3.29. The highest BCUT2D eigenvalue weighted by Crippen LogP contribution is 2.26. The zero-order valence-corrected chi connectivity index (χ0v) is 14.2. The van der Waals surface area contributed by atoms with Crippen molar-refractivity contribution < 1.29 is 14.3 Å². The first-order valence-corrected chi connectivity index (χ1v) is 7.85. The van der Waals surface area contributed by atoms with Crippen LogP contribution in [0.25, 0.3) is 0 Å². The fourth-order valence-corrected chi connectivity index (χ4v) is 2.21. The number of hydrogen-bond donors (Lipinski definition) is 0. The Bertz CT molecular complexity index is 825. The fourth-order valence-electron chi connectivity index (χ4n) is 1.92. The topological polar surface area (TPSA) is 97.0 Å². The van der Waals surface area contributed by atoms with Gasteiger partial charge in [0.1, 0.15) is 25.0 Å². The fraction of sp³-hybridized carbons (Fsp3) is 0.214. The van der Waals surface area contributed by atoms with E-state index in [2.05, 4.69) is 20.5 Å². The third-order valence-electron chi connectivity index (χ3n) is 3.09. The molecule has 0 saturated carbocycles. The second kappa shape index (κ2) is 7.95. The van der Waals surface area contributed by atoms with Crippen molar-refractivity contribution in [3.05, 3.63) is 53.3 Å². The molecular weight excluding hydrogens is 371 g/mol. The maximum atomic E-state index is 12.1. The molecule has 1 atom stereocenters. The lowest BCUT2D eigenvalue weighted by Crippen LogP contribution is -2.31. The van der Waals surface area contributed by atoms with Crippen LogP contribution in [0, 0.1) is 0 Å². The largest absolute Gasteiger partial charge is 0.490 e. The predicted molar refractivity (Wildman–Crippen MR) is 87.7 cm³/mol. The Hall–Kier alpha value is -2.65. The Morgan fingerprint density at radius 2 is 2.12 bits per heavy atom. The van der Waals surface area contributed by atoms with Crippen molar-refractivity contribution in [3.63, 3.8) is 0 Å². The summed E-state index contributed by atoms with van der Waals surface area (Å²) in [6.07, 6.45) is 4.48. The van der Waals surface area contributed by atoms with E-state index in [1.807, 2.05) is 0 Å². The molecule has 0 saturated heterocycles. The van der Waals surface area contributed by atoms with Gasteiger partial charge < -0.3 is 9.47 Å². The van der Waals surface area contributed by atoms with Gasteiger partial charge >= 0.3 is 6.09 Å². The van der Waals surface area contributed by atoms with Crippen LogP contribution in [0.3, 0.4) is 0 Å². The maximum Gasteiger partial charge on any atom is 0.419 e. The van der Waals surface area contributed by atoms with Crippen molar-refractivity contribution in [2.45, 2.75) is 12.6 Å². The summed E-state index contributed by atoms with van der Waals surface area (Å²) in [6.45, 7) is 0.285. The van der Waals surface area contributed by atoms with Gasteiger partial charge in [0.15, 0.2) is 6.10 Å². The minimum absolute atomic E-state index is 0.0677. The highest BCUT2D eigenvalue weighted by Gasteiger charge is 2.18. The van der Waals surface area contributed by atoms with Crippen LogP contribution in [0.4, 0.5) is 4.79 Å². The minimum Gasteiger partial charge on any atom is -0.490 e. The van der Waals surface area contributed by atoms with E-state index in [-0.39, 0.29) is 13.2 Å². The number of halogens is 2. The summed E-state index contributed by atoms with van der Waals surface area (Å²) < 4.78 is 13.7. The summed E-state index contributed by atoms with van der Waals surface area (Å²) in [4.78, 5) is 15.9. The van der Waals surface area contributed by atoms with Gasteiger partial charge in [0, 0.05) is 18.5 Å². The third-order valence-corrected chi connectivity index (χ3v) is 3.83. The van der Waals surface area contributed by atoms with Crippen molar-refractivity contribution >= 4 is 29.3 Å². The van der Waals surface area contributed by atoms with Gasteiger partial charge in [0.2, 0.25) is 0 Å². The van der Waals surface area contributed by atoms with Gasteiger partial charge in [-0.25, -0.2) is 19.0 Å². The lowest BCUT2D eigenvalue weighted by Gasteiger charge is -2.18. The van der Waals surface area contributed by atoms with Crippen molar-refractivity contribution in [3.8, 4) is 5.75 Å². The van der Waals surface area contributed by atoms with Crippen molar-refractivity contribution in [2.24, 2.45) is 0 Å². The van der Waals surface area contributed by atoms with Gasteiger partial charge in [0.05, 0.1) is 16.6 Å². The molecule has 0 fully saturated rings. The van der Waals surface area contributed by atoms with Crippen LogP contribution in [0.5, 0.6) is 5.75 Å². The smallest absolute Gasteiger partial charge is 0.419 e. The van der Waals surface area contributed by atoms with E-state index in [4.69, 9.17) is 32.7 Å². The molecule has 1 unspecified atom stereocenters. The molecule has 9 nitrogen and oxygen atoms in total. The number of imidazole rings is 1. The van der Waals surface area contributed by atoms with E-state index >= 15 is 0 Å². The van der Waals surface area contributed by atoms with Crippen LogP contribution in [-0.2, 0) is 11.3 Å². The van der Waals surface area contributed by atoms with Crippen LogP contribution < -0.4 is 4.74 Å². The first-order valence-electron chi connectivity index (χ1n) is 7.09. The third kappa shape index (κ3) is 4.68. The Kier molecular flexibility index (Phi) is 5.46.